The molecule has 1 atom stereocenters. The first-order valence-electron chi connectivity index (χ1n) is 20.4. The molecule has 6 heterocycles. The fourth-order valence-corrected chi connectivity index (χ4v) is 8.87. The Kier molecular flexibility index (Phi) is 11.5. The maximum Gasteiger partial charge on any atom is 0.328 e. The van der Waals surface area contributed by atoms with Crippen LogP contribution in [0.25, 0.3) is 0 Å². The second-order valence-electron chi connectivity index (χ2n) is 15.9. The first-order valence-corrected chi connectivity index (χ1v) is 20.4. The van der Waals surface area contributed by atoms with Crippen LogP contribution in [0.15, 0.2) is 36.4 Å². The largest absolute Gasteiger partial charge is 0.494 e. The minimum Gasteiger partial charge on any atom is -0.494 e. The predicted octanol–water partition coefficient (Wildman–Crippen LogP) is 2.68. The molecule has 314 valence electrons. The van der Waals surface area contributed by atoms with Crippen LogP contribution < -0.4 is 40.7 Å². The summed E-state index contributed by atoms with van der Waals surface area (Å²) < 4.78 is 21.4. The second kappa shape index (κ2) is 17.1. The van der Waals surface area contributed by atoms with Crippen LogP contribution in [-0.4, -0.2) is 152 Å². The van der Waals surface area contributed by atoms with E-state index in [0.717, 1.165) is 64.1 Å². The van der Waals surface area contributed by atoms with Gasteiger partial charge in [0, 0.05) is 109 Å². The number of nitrogens with two attached hydrogens (primary N) is 1. The van der Waals surface area contributed by atoms with Crippen molar-refractivity contribution in [3.8, 4) is 5.75 Å². The van der Waals surface area contributed by atoms with Crippen LogP contribution in [0.1, 0.15) is 42.6 Å². The van der Waals surface area contributed by atoms with Crippen LogP contribution in [0.5, 0.6) is 5.75 Å². The Morgan fingerprint density at radius 1 is 0.898 bits per heavy atom. The highest BCUT2D eigenvalue weighted by Crippen LogP contribution is 2.35. The molecule has 0 bridgehead atoms. The van der Waals surface area contributed by atoms with Gasteiger partial charge in [-0.15, -0.1) is 10.2 Å². The minimum absolute atomic E-state index is 0.00899. The van der Waals surface area contributed by atoms with Crippen LogP contribution >= 0.6 is 0 Å². The third-order valence-corrected chi connectivity index (χ3v) is 12.2. The molecule has 1 aromatic heterocycles. The second-order valence-corrected chi connectivity index (χ2v) is 15.9. The number of aromatic nitrogens is 3. The van der Waals surface area contributed by atoms with Crippen LogP contribution in [-0.2, 0) is 4.79 Å². The van der Waals surface area contributed by atoms with Crippen LogP contribution in [0.4, 0.5) is 48.5 Å². The molecule has 0 unspecified atom stereocenters. The van der Waals surface area contributed by atoms with Gasteiger partial charge in [-0.05, 0) is 61.9 Å². The van der Waals surface area contributed by atoms with E-state index < -0.39 is 17.8 Å². The average Bonchev–Trinajstić information content (AvgIpc) is 3.58. The number of benzene rings is 2. The molecule has 19 heteroatoms. The maximum atomic E-state index is 15.7. The number of amides is 6. The van der Waals surface area contributed by atoms with Crippen molar-refractivity contribution in [2.45, 2.75) is 38.1 Å². The molecule has 59 heavy (non-hydrogen) atoms. The Hall–Kier alpha value is -5.98. The molecule has 0 aliphatic carbocycles. The number of imide groups is 1. The summed E-state index contributed by atoms with van der Waals surface area (Å²) in [6, 6.07) is 10.3. The zero-order chi connectivity index (χ0) is 41.2. The average molecular weight is 814 g/mol. The summed E-state index contributed by atoms with van der Waals surface area (Å²) >= 11 is 0. The molecular weight excluding hydrogens is 762 g/mol. The number of carbonyl (C=O) groups excluding carboxylic acids is 4. The molecule has 3 aromatic rings. The van der Waals surface area contributed by atoms with Gasteiger partial charge in [0.1, 0.15) is 11.6 Å². The fraction of sp³-hybridized carbons (Fsp3) is 0.525. The van der Waals surface area contributed by atoms with Crippen LogP contribution in [0, 0.1) is 11.7 Å². The number of ether oxygens (including phenoxy) is 1. The number of methoxy groups -OCH3 is 1. The Morgan fingerprint density at radius 2 is 1.68 bits per heavy atom. The fourth-order valence-electron chi connectivity index (χ4n) is 8.87. The number of nitrogens with zero attached hydrogens (tertiary/aromatic N) is 10. The molecule has 5 aliphatic rings. The highest BCUT2D eigenvalue weighted by molar-refractivity contribution is 6.06. The first-order chi connectivity index (χ1) is 28.5. The topological polar surface area (TPSA) is 189 Å². The van der Waals surface area contributed by atoms with Crippen molar-refractivity contribution < 1.29 is 28.3 Å². The minimum atomic E-state index is -0.806. The first kappa shape index (κ1) is 39.8. The summed E-state index contributed by atoms with van der Waals surface area (Å²) in [5.74, 6) is 0.0678. The highest BCUT2D eigenvalue weighted by atomic mass is 19.1. The molecule has 0 radical (unpaired) electrons. The molecule has 5 aliphatic heterocycles. The van der Waals surface area contributed by atoms with E-state index in [1.165, 1.54) is 6.07 Å². The summed E-state index contributed by atoms with van der Waals surface area (Å²) in [5, 5.41) is 13.7. The van der Waals surface area contributed by atoms with Gasteiger partial charge in [-0.3, -0.25) is 24.7 Å². The third-order valence-electron chi connectivity index (χ3n) is 12.2. The van der Waals surface area contributed by atoms with E-state index in [4.69, 9.17) is 10.5 Å². The third kappa shape index (κ3) is 8.60. The Bertz CT molecular complexity index is 2080. The molecule has 0 spiro atoms. The van der Waals surface area contributed by atoms with E-state index in [1.54, 1.807) is 36.1 Å². The van der Waals surface area contributed by atoms with Gasteiger partial charge in [0.05, 0.1) is 24.5 Å². The van der Waals surface area contributed by atoms with Crippen molar-refractivity contribution >= 4 is 58.4 Å². The summed E-state index contributed by atoms with van der Waals surface area (Å²) in [7, 11) is 3.39. The lowest BCUT2D eigenvalue weighted by Gasteiger charge is -2.40. The van der Waals surface area contributed by atoms with Crippen molar-refractivity contribution in [2.75, 3.05) is 118 Å². The van der Waals surface area contributed by atoms with Crippen molar-refractivity contribution in [3.05, 3.63) is 47.9 Å². The van der Waals surface area contributed by atoms with Crippen molar-refractivity contribution in [1.82, 2.24) is 35.2 Å². The van der Waals surface area contributed by atoms with Gasteiger partial charge in [0.25, 0.3) is 5.91 Å². The lowest BCUT2D eigenvalue weighted by Crippen LogP contribution is -2.49. The number of rotatable bonds is 11. The molecule has 8 rings (SSSR count). The summed E-state index contributed by atoms with van der Waals surface area (Å²) in [5.41, 5.74) is 8.07. The molecule has 5 saturated heterocycles. The van der Waals surface area contributed by atoms with Crippen LogP contribution in [0.2, 0.25) is 0 Å². The van der Waals surface area contributed by atoms with E-state index in [1.807, 2.05) is 28.0 Å². The predicted molar refractivity (Wildman–Crippen MR) is 220 cm³/mol. The normalized spacial score (nSPS) is 21.0. The number of urea groups is 2. The molecule has 5 fully saturated rings. The van der Waals surface area contributed by atoms with E-state index in [-0.39, 0.29) is 35.9 Å². The zero-order valence-corrected chi connectivity index (χ0v) is 33.6. The summed E-state index contributed by atoms with van der Waals surface area (Å²) in [6.45, 7) is 8.71. The molecule has 4 N–H and O–H groups in total. The standard InChI is InChI=1S/C40H52FN13O5/c1-48-16-21-53(40(48)58)29-4-3-12-52(25-29)38-45-37(35(36(42)56)46-47-38)43-27-5-7-31(30(41)22-27)51-19-17-49(18-20-51)24-26-9-13-50(14-10-26)28-6-8-32(33(23-28)59-2)54-15-11-34(55)44-39(54)57/h5-8,22-23,26,29H,3-4,9-21,24-25H2,1-2H3,(H2,42,56)(H,43,45,47)(H,44,55,57)/t29-/m1/s1. The Balaban J connectivity index is 0.833. The lowest BCUT2D eigenvalue weighted by atomic mass is 9.95. The number of nitrogens with one attached hydrogen (secondary N) is 2. The van der Waals surface area contributed by atoms with E-state index in [2.05, 4.69) is 40.5 Å². The number of piperidine rings is 2. The number of primary amides is 1. The van der Waals surface area contributed by atoms with Crippen molar-refractivity contribution in [1.29, 1.82) is 0 Å². The number of hydrogen-bond donors (Lipinski definition) is 3. The quantitative estimate of drug-likeness (QED) is 0.257. The highest BCUT2D eigenvalue weighted by Gasteiger charge is 2.35. The Morgan fingerprint density at radius 3 is 2.37 bits per heavy atom. The number of piperazine rings is 1. The molecule has 0 saturated carbocycles. The smallest absolute Gasteiger partial charge is 0.328 e. The molecule has 2 aromatic carbocycles. The van der Waals surface area contributed by atoms with Gasteiger partial charge in [0.15, 0.2) is 11.5 Å². The van der Waals surface area contributed by atoms with Gasteiger partial charge >= 0.3 is 12.1 Å². The Labute approximate surface area is 342 Å². The van der Waals surface area contributed by atoms with Gasteiger partial charge in [0.2, 0.25) is 11.9 Å². The summed E-state index contributed by atoms with van der Waals surface area (Å²) in [4.78, 5) is 67.6. The van der Waals surface area contributed by atoms with E-state index in [0.29, 0.717) is 80.5 Å². The van der Waals surface area contributed by atoms with Crippen LogP contribution in [0.3, 0.4) is 0 Å². The van der Waals surface area contributed by atoms with E-state index >= 15 is 4.39 Å². The molecule has 6 amide bonds. The maximum absolute atomic E-state index is 15.7. The summed E-state index contributed by atoms with van der Waals surface area (Å²) in [6.07, 6.45) is 4.05. The number of carbonyl (C=O) groups is 4. The van der Waals surface area contributed by atoms with Crippen molar-refractivity contribution in [3.63, 3.8) is 0 Å². The number of halogens is 1. The molecular formula is C40H52FN13O5. The lowest BCUT2D eigenvalue weighted by molar-refractivity contribution is -0.120. The molecule has 18 nitrogen and oxygen atoms in total. The zero-order valence-electron chi connectivity index (χ0n) is 33.6. The number of hydrogen-bond acceptors (Lipinski definition) is 13. The van der Waals surface area contributed by atoms with Gasteiger partial charge in [-0.25, -0.2) is 14.0 Å². The number of likely N-dealkylation sites (N-methyl/N-ethyl adjacent to an activating group) is 1. The van der Waals surface area contributed by atoms with E-state index in [9.17, 15) is 19.2 Å². The number of anilines is 6. The van der Waals surface area contributed by atoms with Crippen molar-refractivity contribution in [2.24, 2.45) is 11.7 Å². The SMILES string of the molecule is COc1cc(N2CCC(CN3CCN(c4ccc(Nc5nc(N6CCC[C@@H](N7CCN(C)C7=O)C6)nnc5C(N)=O)cc4F)CC3)CC2)ccc1N1CCC(=O)NC1=O. The monoisotopic (exact) mass is 813 g/mol. The van der Waals surface area contributed by atoms with Gasteiger partial charge in [-0.1, -0.05) is 0 Å². The van der Waals surface area contributed by atoms with Gasteiger partial charge in [-0.2, -0.15) is 4.98 Å². The van der Waals surface area contributed by atoms with Gasteiger partial charge < -0.3 is 40.3 Å².